The Labute approximate surface area is 183 Å². The number of hydrogen-bond donors (Lipinski definition) is 3. The number of benzene rings is 2. The van der Waals surface area contributed by atoms with Gasteiger partial charge in [0, 0.05) is 11.3 Å². The molecule has 3 N–H and O–H groups in total. The molecule has 2 aliphatic heterocycles. The first-order chi connectivity index (χ1) is 15.5. The van der Waals surface area contributed by atoms with Crippen molar-refractivity contribution in [3.8, 4) is 5.75 Å². The maximum Gasteiger partial charge on any atom is 0.262 e. The lowest BCUT2D eigenvalue weighted by atomic mass is 9.80. The number of anilines is 3. The van der Waals surface area contributed by atoms with E-state index in [0.717, 1.165) is 0 Å². The molecule has 2 aromatic rings. The Bertz CT molecular complexity index is 1170. The number of carbonyl (C=O) groups excluding carboxylic acids is 4. The zero-order chi connectivity index (χ0) is 22.2. The normalized spacial score (nSPS) is 21.6. The number of nitrogens with zero attached hydrogens (tertiary/aromatic N) is 1. The van der Waals surface area contributed by atoms with Gasteiger partial charge in [-0.2, -0.15) is 0 Å². The van der Waals surface area contributed by atoms with Gasteiger partial charge in [-0.25, -0.2) is 5.01 Å². The Hall–Kier alpha value is -4.14. The molecular formula is C23H20N4O5. The monoisotopic (exact) mass is 432 g/mol. The lowest BCUT2D eigenvalue weighted by molar-refractivity contribution is -0.139. The molecule has 0 spiro atoms. The van der Waals surface area contributed by atoms with Crippen molar-refractivity contribution in [1.82, 2.24) is 5.43 Å². The van der Waals surface area contributed by atoms with Crippen molar-refractivity contribution >= 4 is 40.7 Å². The minimum atomic E-state index is -0.404. The van der Waals surface area contributed by atoms with E-state index >= 15 is 0 Å². The van der Waals surface area contributed by atoms with Gasteiger partial charge < -0.3 is 15.4 Å². The molecule has 0 radical (unpaired) electrons. The molecule has 1 saturated heterocycles. The van der Waals surface area contributed by atoms with E-state index < -0.39 is 11.8 Å². The molecule has 1 fully saturated rings. The smallest absolute Gasteiger partial charge is 0.262 e. The molecular weight excluding hydrogens is 412 g/mol. The van der Waals surface area contributed by atoms with Crippen LogP contribution in [0.3, 0.4) is 0 Å². The first-order valence-corrected chi connectivity index (χ1v) is 10.3. The summed E-state index contributed by atoms with van der Waals surface area (Å²) in [6, 6.07) is 11.4. The van der Waals surface area contributed by atoms with Crippen LogP contribution < -0.4 is 25.8 Å². The van der Waals surface area contributed by atoms with Crippen LogP contribution in [0.25, 0.3) is 0 Å². The third-order valence-corrected chi connectivity index (χ3v) is 5.77. The highest BCUT2D eigenvalue weighted by Crippen LogP contribution is 2.33. The SMILES string of the molecule is O=C1COc2ccc(NC(=O)c3cccc(N4NC(=O)C5CC=CCC5C4=O)c3)cc2N1. The number of hydrazine groups is 1. The summed E-state index contributed by atoms with van der Waals surface area (Å²) in [5.74, 6) is -1.29. The van der Waals surface area contributed by atoms with E-state index in [2.05, 4.69) is 16.1 Å². The Balaban J connectivity index is 1.35. The van der Waals surface area contributed by atoms with Crippen LogP contribution in [0, 0.1) is 11.8 Å². The van der Waals surface area contributed by atoms with Gasteiger partial charge in [0.1, 0.15) is 5.75 Å². The molecule has 9 heteroatoms. The van der Waals surface area contributed by atoms with Crippen LogP contribution in [-0.2, 0) is 14.4 Å². The molecule has 1 aliphatic carbocycles. The van der Waals surface area contributed by atoms with Gasteiger partial charge >= 0.3 is 0 Å². The summed E-state index contributed by atoms with van der Waals surface area (Å²) >= 11 is 0. The van der Waals surface area contributed by atoms with E-state index in [-0.39, 0.29) is 30.2 Å². The Morgan fingerprint density at radius 3 is 2.69 bits per heavy atom. The lowest BCUT2D eigenvalue weighted by Crippen LogP contribution is -2.59. The number of rotatable bonds is 3. The molecule has 3 aliphatic rings. The number of carbonyl (C=O) groups is 4. The molecule has 2 aromatic carbocycles. The second kappa shape index (κ2) is 7.84. The molecule has 2 heterocycles. The average Bonchev–Trinajstić information content (AvgIpc) is 2.81. The molecule has 2 atom stereocenters. The van der Waals surface area contributed by atoms with Crippen molar-refractivity contribution < 1.29 is 23.9 Å². The van der Waals surface area contributed by atoms with Gasteiger partial charge in [-0.3, -0.25) is 24.6 Å². The van der Waals surface area contributed by atoms with Crippen LogP contribution in [0.4, 0.5) is 17.1 Å². The van der Waals surface area contributed by atoms with E-state index in [4.69, 9.17) is 4.74 Å². The molecule has 0 saturated carbocycles. The van der Waals surface area contributed by atoms with Crippen LogP contribution in [0.1, 0.15) is 23.2 Å². The van der Waals surface area contributed by atoms with Crippen molar-refractivity contribution in [2.45, 2.75) is 12.8 Å². The van der Waals surface area contributed by atoms with Crippen molar-refractivity contribution in [2.75, 3.05) is 22.2 Å². The van der Waals surface area contributed by atoms with Gasteiger partial charge in [0.25, 0.3) is 11.8 Å². The second-order valence-corrected chi connectivity index (χ2v) is 7.86. The number of fused-ring (bicyclic) bond motifs is 2. The maximum atomic E-state index is 13.0. The van der Waals surface area contributed by atoms with Crippen LogP contribution in [0.2, 0.25) is 0 Å². The van der Waals surface area contributed by atoms with E-state index in [0.29, 0.717) is 41.2 Å². The van der Waals surface area contributed by atoms with Crippen molar-refractivity contribution in [1.29, 1.82) is 0 Å². The van der Waals surface area contributed by atoms with Crippen molar-refractivity contribution in [2.24, 2.45) is 11.8 Å². The van der Waals surface area contributed by atoms with Gasteiger partial charge in [0.15, 0.2) is 6.61 Å². The molecule has 162 valence electrons. The highest BCUT2D eigenvalue weighted by atomic mass is 16.5. The largest absolute Gasteiger partial charge is 0.482 e. The lowest BCUT2D eigenvalue weighted by Gasteiger charge is -2.38. The standard InChI is InChI=1S/C23H20N4O5/c28-20-12-32-19-9-8-14(11-18(19)25-20)24-21(29)13-4-3-5-15(10-13)27-23(31)17-7-2-1-6-16(17)22(30)26-27/h1-5,8-11,16-17H,6-7,12H2,(H,24,29)(H,25,28)(H,26,30). The first kappa shape index (κ1) is 19.8. The highest BCUT2D eigenvalue weighted by Gasteiger charge is 2.42. The number of nitrogens with one attached hydrogen (secondary N) is 3. The fraction of sp³-hybridized carbons (Fsp3) is 0.217. The summed E-state index contributed by atoms with van der Waals surface area (Å²) in [6.07, 6.45) is 4.91. The summed E-state index contributed by atoms with van der Waals surface area (Å²) in [5.41, 5.74) is 4.34. The Kier molecular flexibility index (Phi) is 4.85. The van der Waals surface area contributed by atoms with Gasteiger partial charge in [-0.1, -0.05) is 18.2 Å². The molecule has 2 unspecified atom stereocenters. The van der Waals surface area contributed by atoms with E-state index in [1.807, 2.05) is 12.2 Å². The summed E-state index contributed by atoms with van der Waals surface area (Å²) in [5, 5.41) is 6.69. The molecule has 0 bridgehead atoms. The van der Waals surface area contributed by atoms with E-state index in [1.54, 1.807) is 42.5 Å². The van der Waals surface area contributed by atoms with Crippen LogP contribution in [0.15, 0.2) is 54.6 Å². The highest BCUT2D eigenvalue weighted by molar-refractivity contribution is 6.08. The van der Waals surface area contributed by atoms with Gasteiger partial charge in [-0.05, 0) is 49.2 Å². The van der Waals surface area contributed by atoms with E-state index in [1.165, 1.54) is 5.01 Å². The summed E-state index contributed by atoms with van der Waals surface area (Å²) in [7, 11) is 0. The fourth-order valence-electron chi connectivity index (χ4n) is 4.13. The summed E-state index contributed by atoms with van der Waals surface area (Å²) < 4.78 is 5.32. The predicted molar refractivity (Wildman–Crippen MR) is 116 cm³/mol. The maximum absolute atomic E-state index is 13.0. The quantitative estimate of drug-likeness (QED) is 0.643. The first-order valence-electron chi connectivity index (χ1n) is 10.3. The van der Waals surface area contributed by atoms with Crippen molar-refractivity contribution in [3.05, 3.63) is 60.2 Å². The minimum absolute atomic E-state index is 0.0465. The van der Waals surface area contributed by atoms with Crippen molar-refractivity contribution in [3.63, 3.8) is 0 Å². The summed E-state index contributed by atoms with van der Waals surface area (Å²) in [4.78, 5) is 49.8. The Morgan fingerprint density at radius 1 is 1.03 bits per heavy atom. The number of hydrogen-bond acceptors (Lipinski definition) is 5. The Morgan fingerprint density at radius 2 is 1.84 bits per heavy atom. The average molecular weight is 432 g/mol. The van der Waals surface area contributed by atoms with Gasteiger partial charge in [0.2, 0.25) is 11.8 Å². The van der Waals surface area contributed by atoms with Crippen LogP contribution in [-0.4, -0.2) is 30.2 Å². The molecule has 0 aromatic heterocycles. The zero-order valence-corrected chi connectivity index (χ0v) is 17.0. The zero-order valence-electron chi connectivity index (χ0n) is 17.0. The predicted octanol–water partition coefficient (Wildman–Crippen LogP) is 2.23. The third kappa shape index (κ3) is 3.58. The minimum Gasteiger partial charge on any atom is -0.482 e. The number of ether oxygens (including phenoxy) is 1. The molecule has 5 rings (SSSR count). The molecule has 4 amide bonds. The van der Waals surface area contributed by atoms with E-state index in [9.17, 15) is 19.2 Å². The number of allylic oxidation sites excluding steroid dienone is 2. The third-order valence-electron chi connectivity index (χ3n) is 5.77. The van der Waals surface area contributed by atoms with Gasteiger partial charge in [0.05, 0.1) is 23.2 Å². The molecule has 9 nitrogen and oxygen atoms in total. The fourth-order valence-corrected chi connectivity index (χ4v) is 4.13. The van der Waals surface area contributed by atoms with Crippen LogP contribution >= 0.6 is 0 Å². The second-order valence-electron chi connectivity index (χ2n) is 7.86. The molecule has 32 heavy (non-hydrogen) atoms. The van der Waals surface area contributed by atoms with Gasteiger partial charge in [-0.15, -0.1) is 0 Å². The topological polar surface area (TPSA) is 117 Å². The number of amides is 4. The van der Waals surface area contributed by atoms with Crippen LogP contribution in [0.5, 0.6) is 5.75 Å². The summed E-state index contributed by atoms with van der Waals surface area (Å²) in [6.45, 7) is -0.0465.